The number of rotatable bonds is 6. The van der Waals surface area contributed by atoms with Crippen molar-refractivity contribution in [1.29, 1.82) is 0 Å². The Morgan fingerprint density at radius 3 is 1.93 bits per heavy atom. The van der Waals surface area contributed by atoms with Gasteiger partial charge in [-0.1, -0.05) is 25.3 Å². The second-order valence-electron chi connectivity index (χ2n) is 2.55. The molecule has 0 aliphatic heterocycles. The van der Waals surface area contributed by atoms with Gasteiger partial charge in [-0.25, -0.2) is 4.79 Å². The highest BCUT2D eigenvalue weighted by molar-refractivity contribution is 5.91. The molecular formula is C10H12O4. The first-order valence-electron chi connectivity index (χ1n) is 3.96. The van der Waals surface area contributed by atoms with Crippen molar-refractivity contribution in [3.8, 4) is 0 Å². The summed E-state index contributed by atoms with van der Waals surface area (Å²) in [6, 6.07) is 0. The monoisotopic (exact) mass is 196 g/mol. The second-order valence-corrected chi connectivity index (χ2v) is 2.55. The van der Waals surface area contributed by atoms with E-state index in [2.05, 4.69) is 13.2 Å². The van der Waals surface area contributed by atoms with E-state index in [9.17, 15) is 9.59 Å². The minimum atomic E-state index is -1.12. The fourth-order valence-electron chi connectivity index (χ4n) is 0.944. The highest BCUT2D eigenvalue weighted by Crippen LogP contribution is 2.13. The van der Waals surface area contributed by atoms with Crippen molar-refractivity contribution in [3.05, 3.63) is 36.5 Å². The van der Waals surface area contributed by atoms with Crippen molar-refractivity contribution < 1.29 is 19.8 Å². The molecule has 0 aromatic heterocycles. The quantitative estimate of drug-likeness (QED) is 0.500. The largest absolute Gasteiger partial charge is 0.481 e. The Kier molecular flexibility index (Phi) is 4.99. The first-order chi connectivity index (χ1) is 6.52. The smallest absolute Gasteiger partial charge is 0.335 e. The Balaban J connectivity index is 4.80. The van der Waals surface area contributed by atoms with Crippen LogP contribution in [0.2, 0.25) is 0 Å². The van der Waals surface area contributed by atoms with E-state index in [0.29, 0.717) is 5.57 Å². The van der Waals surface area contributed by atoms with Gasteiger partial charge in [0.25, 0.3) is 0 Å². The first kappa shape index (κ1) is 12.2. The van der Waals surface area contributed by atoms with Gasteiger partial charge in [-0.15, -0.1) is 0 Å². The molecule has 0 spiro atoms. The molecule has 0 aromatic rings. The van der Waals surface area contributed by atoms with Gasteiger partial charge in [0.1, 0.15) is 0 Å². The molecular weight excluding hydrogens is 184 g/mol. The molecule has 0 amide bonds. The Morgan fingerprint density at radius 1 is 1.07 bits per heavy atom. The molecule has 0 atom stereocenters. The maximum absolute atomic E-state index is 10.7. The molecule has 4 nitrogen and oxygen atoms in total. The van der Waals surface area contributed by atoms with Gasteiger partial charge in [0.2, 0.25) is 0 Å². The number of carbonyl (C=O) groups is 2. The standard InChI is InChI=1S/C10H12O4/c1-3-7(5-6-9(11)12)8(4-2)10(13)14/h3-4H,1-2,5-6H2,(H,11,12)(H,13,14)/b8-7+. The average molecular weight is 196 g/mol. The summed E-state index contributed by atoms with van der Waals surface area (Å²) in [5.41, 5.74) is 0.385. The van der Waals surface area contributed by atoms with Crippen LogP contribution in [0.25, 0.3) is 0 Å². The van der Waals surface area contributed by atoms with E-state index in [1.54, 1.807) is 0 Å². The molecule has 0 bridgehead atoms. The molecule has 0 saturated carbocycles. The summed E-state index contributed by atoms with van der Waals surface area (Å²) in [7, 11) is 0. The van der Waals surface area contributed by atoms with Gasteiger partial charge in [0.15, 0.2) is 0 Å². The van der Waals surface area contributed by atoms with Gasteiger partial charge in [-0.05, 0) is 12.0 Å². The third-order valence-electron chi connectivity index (χ3n) is 1.64. The zero-order chi connectivity index (χ0) is 11.1. The molecule has 0 saturated heterocycles. The molecule has 0 fully saturated rings. The highest BCUT2D eigenvalue weighted by atomic mass is 16.4. The normalized spacial score (nSPS) is 11.4. The third kappa shape index (κ3) is 3.71. The van der Waals surface area contributed by atoms with Gasteiger partial charge >= 0.3 is 11.9 Å². The summed E-state index contributed by atoms with van der Waals surface area (Å²) in [6.45, 7) is 6.77. The summed E-state index contributed by atoms with van der Waals surface area (Å²) in [6.07, 6.45) is 2.55. The van der Waals surface area contributed by atoms with Gasteiger partial charge in [0.05, 0.1) is 5.57 Å². The Bertz CT molecular complexity index is 299. The fraction of sp³-hybridized carbons (Fsp3) is 0.200. The van der Waals surface area contributed by atoms with Crippen molar-refractivity contribution in [2.75, 3.05) is 0 Å². The average Bonchev–Trinajstić information content (AvgIpc) is 2.10. The predicted molar refractivity (Wildman–Crippen MR) is 51.9 cm³/mol. The van der Waals surface area contributed by atoms with Crippen LogP contribution in [0.5, 0.6) is 0 Å². The van der Waals surface area contributed by atoms with E-state index in [1.807, 2.05) is 0 Å². The van der Waals surface area contributed by atoms with Crippen LogP contribution in [0.15, 0.2) is 36.5 Å². The summed E-state index contributed by atoms with van der Waals surface area (Å²) in [4.78, 5) is 20.9. The zero-order valence-corrected chi connectivity index (χ0v) is 7.69. The molecule has 2 N–H and O–H groups in total. The van der Waals surface area contributed by atoms with Gasteiger partial charge < -0.3 is 10.2 Å². The van der Waals surface area contributed by atoms with Crippen LogP contribution in [0.1, 0.15) is 12.8 Å². The van der Waals surface area contributed by atoms with Crippen molar-refractivity contribution in [2.45, 2.75) is 12.8 Å². The first-order valence-corrected chi connectivity index (χ1v) is 3.96. The molecule has 14 heavy (non-hydrogen) atoms. The molecule has 0 aliphatic carbocycles. The van der Waals surface area contributed by atoms with Crippen molar-refractivity contribution in [2.24, 2.45) is 0 Å². The summed E-state index contributed by atoms with van der Waals surface area (Å²) in [5.74, 6) is -2.10. The maximum Gasteiger partial charge on any atom is 0.335 e. The van der Waals surface area contributed by atoms with Gasteiger partial charge in [-0.3, -0.25) is 4.79 Å². The van der Waals surface area contributed by atoms with Crippen molar-refractivity contribution in [1.82, 2.24) is 0 Å². The Labute approximate surface area is 81.9 Å². The fourth-order valence-corrected chi connectivity index (χ4v) is 0.944. The van der Waals surface area contributed by atoms with Crippen molar-refractivity contribution >= 4 is 11.9 Å². The number of hydrogen-bond donors (Lipinski definition) is 2. The molecule has 0 aromatic carbocycles. The van der Waals surface area contributed by atoms with E-state index in [-0.39, 0.29) is 18.4 Å². The minimum absolute atomic E-state index is 0.00116. The topological polar surface area (TPSA) is 74.6 Å². The minimum Gasteiger partial charge on any atom is -0.481 e. The lowest BCUT2D eigenvalue weighted by Gasteiger charge is -2.02. The Morgan fingerprint density at radius 2 is 1.64 bits per heavy atom. The third-order valence-corrected chi connectivity index (χ3v) is 1.64. The van der Waals surface area contributed by atoms with Crippen LogP contribution in [0.4, 0.5) is 0 Å². The summed E-state index contributed by atoms with van der Waals surface area (Å²) >= 11 is 0. The number of allylic oxidation sites excluding steroid dienone is 2. The number of hydrogen-bond acceptors (Lipinski definition) is 2. The second kappa shape index (κ2) is 5.75. The summed E-state index contributed by atoms with van der Waals surface area (Å²) < 4.78 is 0. The highest BCUT2D eigenvalue weighted by Gasteiger charge is 2.09. The van der Waals surface area contributed by atoms with E-state index >= 15 is 0 Å². The maximum atomic E-state index is 10.7. The molecule has 0 radical (unpaired) electrons. The lowest BCUT2D eigenvalue weighted by molar-refractivity contribution is -0.137. The number of aliphatic carboxylic acids is 2. The molecule has 0 unspecified atom stereocenters. The van der Waals surface area contributed by atoms with E-state index in [0.717, 1.165) is 0 Å². The van der Waals surface area contributed by atoms with Crippen molar-refractivity contribution in [3.63, 3.8) is 0 Å². The van der Waals surface area contributed by atoms with E-state index in [1.165, 1.54) is 12.2 Å². The Hall–Kier alpha value is -1.84. The lowest BCUT2D eigenvalue weighted by Crippen LogP contribution is -2.03. The van der Waals surface area contributed by atoms with Gasteiger partial charge in [-0.2, -0.15) is 0 Å². The van der Waals surface area contributed by atoms with Crippen LogP contribution >= 0.6 is 0 Å². The lowest BCUT2D eigenvalue weighted by atomic mass is 10.0. The molecule has 0 rings (SSSR count). The molecule has 4 heteroatoms. The van der Waals surface area contributed by atoms with Crippen LogP contribution in [0.3, 0.4) is 0 Å². The molecule has 0 heterocycles. The van der Waals surface area contributed by atoms with Crippen LogP contribution < -0.4 is 0 Å². The van der Waals surface area contributed by atoms with E-state index < -0.39 is 11.9 Å². The predicted octanol–water partition coefficient (Wildman–Crippen LogP) is 1.60. The summed E-state index contributed by atoms with van der Waals surface area (Å²) in [5, 5.41) is 17.1. The zero-order valence-electron chi connectivity index (χ0n) is 7.69. The number of carboxylic acids is 2. The van der Waals surface area contributed by atoms with Crippen LogP contribution in [-0.4, -0.2) is 22.2 Å². The van der Waals surface area contributed by atoms with Crippen LogP contribution in [0, 0.1) is 0 Å². The van der Waals surface area contributed by atoms with Crippen LogP contribution in [-0.2, 0) is 9.59 Å². The SMILES string of the molecule is C=C/C(CCC(=O)O)=C(/C=C)C(=O)O. The number of carboxylic acid groups (broad SMARTS) is 2. The molecule has 76 valence electrons. The van der Waals surface area contributed by atoms with Gasteiger partial charge in [0, 0.05) is 6.42 Å². The van der Waals surface area contributed by atoms with E-state index in [4.69, 9.17) is 10.2 Å². The molecule has 0 aliphatic rings.